The van der Waals surface area contributed by atoms with E-state index in [2.05, 4.69) is 15.5 Å². The summed E-state index contributed by atoms with van der Waals surface area (Å²) < 4.78 is 6.89. The number of esters is 1. The number of nitrogens with zero attached hydrogens (tertiary/aromatic N) is 5. The van der Waals surface area contributed by atoms with Crippen LogP contribution in [0, 0.1) is 5.92 Å². The predicted octanol–water partition coefficient (Wildman–Crippen LogP) is 1.29. The first-order chi connectivity index (χ1) is 11.6. The molecule has 0 aromatic carbocycles. The Morgan fingerprint density at radius 2 is 2.00 bits per heavy atom. The van der Waals surface area contributed by atoms with E-state index in [0.717, 1.165) is 12.8 Å². The molecule has 9 heteroatoms. The summed E-state index contributed by atoms with van der Waals surface area (Å²) in [5.41, 5.74) is 0. The number of carbonyl (C=O) groups excluding carboxylic acids is 2. The fourth-order valence-corrected chi connectivity index (χ4v) is 3.82. The second-order valence-corrected chi connectivity index (χ2v) is 7.56. The second kappa shape index (κ2) is 7.50. The van der Waals surface area contributed by atoms with Crippen molar-refractivity contribution in [3.63, 3.8) is 0 Å². The molecule has 2 aliphatic rings. The Balaban J connectivity index is 1.51. The van der Waals surface area contributed by atoms with Gasteiger partial charge < -0.3 is 9.64 Å². The SMILES string of the molecule is CCOC(=O)C1CCN(C(=O)[C@H](C)Sc2nnnn2C2CC2)CC1. The molecule has 0 unspecified atom stereocenters. The Morgan fingerprint density at radius 1 is 1.29 bits per heavy atom. The molecule has 1 aliphatic heterocycles. The number of piperidine rings is 1. The zero-order chi connectivity index (χ0) is 17.1. The van der Waals surface area contributed by atoms with E-state index < -0.39 is 0 Å². The van der Waals surface area contributed by atoms with Crippen molar-refractivity contribution >= 4 is 23.6 Å². The third-order valence-corrected chi connectivity index (χ3v) is 5.45. The van der Waals surface area contributed by atoms with Crippen LogP contribution in [0.4, 0.5) is 0 Å². The standard InChI is InChI=1S/C15H23N5O3S/c1-3-23-14(22)11-6-8-19(9-7-11)13(21)10(2)24-15-16-17-18-20(15)12-4-5-12/h10-12H,3-9H2,1-2H3/t10-/m0/s1. The van der Waals surface area contributed by atoms with Crippen LogP contribution in [0.1, 0.15) is 45.6 Å². The van der Waals surface area contributed by atoms with Crippen molar-refractivity contribution in [2.24, 2.45) is 5.92 Å². The van der Waals surface area contributed by atoms with Gasteiger partial charge in [0.1, 0.15) is 0 Å². The van der Waals surface area contributed by atoms with Gasteiger partial charge in [-0.2, -0.15) is 0 Å². The lowest BCUT2D eigenvalue weighted by Crippen LogP contribution is -2.43. The van der Waals surface area contributed by atoms with E-state index in [1.165, 1.54) is 11.8 Å². The van der Waals surface area contributed by atoms with Crippen LogP contribution < -0.4 is 0 Å². The highest BCUT2D eigenvalue weighted by Crippen LogP contribution is 2.37. The maximum atomic E-state index is 12.6. The van der Waals surface area contributed by atoms with Crippen LogP contribution in [0.2, 0.25) is 0 Å². The average Bonchev–Trinajstić information content (AvgIpc) is 3.34. The molecule has 1 aromatic heterocycles. The lowest BCUT2D eigenvalue weighted by molar-refractivity contribution is -0.151. The lowest BCUT2D eigenvalue weighted by Gasteiger charge is -2.32. The molecule has 0 spiro atoms. The molecule has 1 amide bonds. The van der Waals surface area contributed by atoms with E-state index in [-0.39, 0.29) is 23.0 Å². The maximum absolute atomic E-state index is 12.6. The van der Waals surface area contributed by atoms with Gasteiger partial charge in [-0.3, -0.25) is 9.59 Å². The average molecular weight is 353 g/mol. The largest absolute Gasteiger partial charge is 0.466 e. The van der Waals surface area contributed by atoms with Crippen molar-refractivity contribution in [1.82, 2.24) is 25.1 Å². The number of carbonyl (C=O) groups is 2. The summed E-state index contributed by atoms with van der Waals surface area (Å²) in [5.74, 6) is -0.151. The van der Waals surface area contributed by atoms with E-state index >= 15 is 0 Å². The summed E-state index contributed by atoms with van der Waals surface area (Å²) in [6.07, 6.45) is 3.54. The van der Waals surface area contributed by atoms with Gasteiger partial charge in [-0.25, -0.2) is 4.68 Å². The summed E-state index contributed by atoms with van der Waals surface area (Å²) in [6, 6.07) is 0.394. The summed E-state index contributed by atoms with van der Waals surface area (Å²) in [7, 11) is 0. The molecule has 1 aliphatic carbocycles. The van der Waals surface area contributed by atoms with E-state index in [0.29, 0.717) is 43.7 Å². The molecule has 1 aromatic rings. The van der Waals surface area contributed by atoms with Gasteiger partial charge in [0.2, 0.25) is 11.1 Å². The number of aromatic nitrogens is 4. The highest BCUT2D eigenvalue weighted by molar-refractivity contribution is 8.00. The van der Waals surface area contributed by atoms with Gasteiger partial charge in [0.25, 0.3) is 0 Å². The molecule has 1 saturated carbocycles. The van der Waals surface area contributed by atoms with E-state index in [1.807, 2.05) is 23.4 Å². The highest BCUT2D eigenvalue weighted by Gasteiger charge is 2.32. The smallest absolute Gasteiger partial charge is 0.309 e. The van der Waals surface area contributed by atoms with Gasteiger partial charge in [-0.1, -0.05) is 11.8 Å². The van der Waals surface area contributed by atoms with Crippen LogP contribution in [-0.4, -0.2) is 61.9 Å². The second-order valence-electron chi connectivity index (χ2n) is 6.25. The first-order valence-electron chi connectivity index (χ1n) is 8.50. The fourth-order valence-electron chi connectivity index (χ4n) is 2.87. The summed E-state index contributed by atoms with van der Waals surface area (Å²) in [4.78, 5) is 26.2. The van der Waals surface area contributed by atoms with Gasteiger partial charge in [0, 0.05) is 13.1 Å². The van der Waals surface area contributed by atoms with Gasteiger partial charge >= 0.3 is 5.97 Å². The number of hydrogen-bond donors (Lipinski definition) is 0. The highest BCUT2D eigenvalue weighted by atomic mass is 32.2. The molecular formula is C15H23N5O3S. The van der Waals surface area contributed by atoms with Crippen molar-refractivity contribution in [3.8, 4) is 0 Å². The van der Waals surface area contributed by atoms with Crippen LogP contribution >= 0.6 is 11.8 Å². The lowest BCUT2D eigenvalue weighted by atomic mass is 9.97. The number of likely N-dealkylation sites (tertiary alicyclic amines) is 1. The number of amides is 1. The minimum Gasteiger partial charge on any atom is -0.466 e. The summed E-state index contributed by atoms with van der Waals surface area (Å²) >= 11 is 1.41. The molecule has 8 nitrogen and oxygen atoms in total. The number of rotatable bonds is 6. The molecule has 0 radical (unpaired) electrons. The fraction of sp³-hybridized carbons (Fsp3) is 0.800. The molecule has 0 N–H and O–H groups in total. The van der Waals surface area contributed by atoms with Crippen LogP contribution in [-0.2, 0) is 14.3 Å². The molecule has 1 atom stereocenters. The zero-order valence-corrected chi connectivity index (χ0v) is 14.9. The zero-order valence-electron chi connectivity index (χ0n) is 14.1. The Labute approximate surface area is 145 Å². The molecule has 24 heavy (non-hydrogen) atoms. The minimum atomic E-state index is -0.243. The van der Waals surface area contributed by atoms with Crippen LogP contribution in [0.25, 0.3) is 0 Å². The van der Waals surface area contributed by atoms with Crippen molar-refractivity contribution < 1.29 is 14.3 Å². The minimum absolute atomic E-state index is 0.0765. The number of ether oxygens (including phenoxy) is 1. The third kappa shape index (κ3) is 3.88. The van der Waals surface area contributed by atoms with Gasteiger partial charge in [0.15, 0.2) is 0 Å². The van der Waals surface area contributed by atoms with Crippen LogP contribution in [0.15, 0.2) is 5.16 Å². The Bertz CT molecular complexity index is 596. The first kappa shape index (κ1) is 17.2. The van der Waals surface area contributed by atoms with E-state index in [4.69, 9.17) is 4.74 Å². The van der Waals surface area contributed by atoms with Crippen LogP contribution in [0.3, 0.4) is 0 Å². The third-order valence-electron chi connectivity index (χ3n) is 4.41. The Hall–Kier alpha value is -1.64. The van der Waals surface area contributed by atoms with Crippen molar-refractivity contribution in [1.29, 1.82) is 0 Å². The van der Waals surface area contributed by atoms with Gasteiger partial charge in [0.05, 0.1) is 23.8 Å². The molecule has 0 bridgehead atoms. The van der Waals surface area contributed by atoms with Crippen molar-refractivity contribution in [3.05, 3.63) is 0 Å². The summed E-state index contributed by atoms with van der Waals surface area (Å²) in [6.45, 7) is 5.30. The van der Waals surface area contributed by atoms with E-state index in [9.17, 15) is 9.59 Å². The molecular weight excluding hydrogens is 330 g/mol. The monoisotopic (exact) mass is 353 g/mol. The summed E-state index contributed by atoms with van der Waals surface area (Å²) in [5, 5.41) is 12.2. The van der Waals surface area contributed by atoms with Crippen molar-refractivity contribution in [2.75, 3.05) is 19.7 Å². The van der Waals surface area contributed by atoms with Gasteiger partial charge in [-0.05, 0) is 50.0 Å². The Morgan fingerprint density at radius 3 is 2.62 bits per heavy atom. The van der Waals surface area contributed by atoms with Crippen LogP contribution in [0.5, 0.6) is 0 Å². The normalized spacial score (nSPS) is 20.0. The quantitative estimate of drug-likeness (QED) is 0.562. The Kier molecular flexibility index (Phi) is 5.37. The van der Waals surface area contributed by atoms with Crippen molar-refractivity contribution in [2.45, 2.75) is 56.0 Å². The molecule has 2 fully saturated rings. The molecule has 132 valence electrons. The maximum Gasteiger partial charge on any atom is 0.309 e. The topological polar surface area (TPSA) is 90.2 Å². The molecule has 3 rings (SSSR count). The number of thioether (sulfide) groups is 1. The number of tetrazole rings is 1. The first-order valence-corrected chi connectivity index (χ1v) is 9.38. The van der Waals surface area contributed by atoms with E-state index in [1.54, 1.807) is 0 Å². The predicted molar refractivity (Wildman–Crippen MR) is 87.3 cm³/mol. The van der Waals surface area contributed by atoms with Gasteiger partial charge in [-0.15, -0.1) is 5.10 Å². The molecule has 1 saturated heterocycles. The number of hydrogen-bond acceptors (Lipinski definition) is 7. The molecule has 2 heterocycles.